The Hall–Kier alpha value is -3.69. The molecule has 10 heteroatoms. The van der Waals surface area contributed by atoms with Crippen LogP contribution < -0.4 is 10.6 Å². The van der Waals surface area contributed by atoms with Gasteiger partial charge < -0.3 is 20.6 Å². The molecule has 3 aromatic heterocycles. The fraction of sp³-hybridized carbons (Fsp3) is 0.536. The molecule has 0 fully saturated rings. The van der Waals surface area contributed by atoms with Crippen molar-refractivity contribution in [3.05, 3.63) is 35.8 Å². The lowest BCUT2D eigenvalue weighted by atomic mass is 9.85. The number of amides is 1. The van der Waals surface area contributed by atoms with Crippen molar-refractivity contribution in [1.29, 1.82) is 5.41 Å². The van der Waals surface area contributed by atoms with Crippen LogP contribution in [0.15, 0.2) is 30.0 Å². The molecule has 4 rings (SSSR count). The number of hydrogen-bond donors (Lipinski definition) is 3. The van der Waals surface area contributed by atoms with E-state index in [0.29, 0.717) is 48.7 Å². The lowest BCUT2D eigenvalue weighted by Gasteiger charge is -2.30. The Balaban J connectivity index is 1.63. The first-order valence-electron chi connectivity index (χ1n) is 13.3. The minimum absolute atomic E-state index is 0.00296. The average molecular weight is 518 g/mol. The smallest absolute Gasteiger partial charge is 0.224 e. The third-order valence-electron chi connectivity index (χ3n) is 6.67. The normalized spacial score (nSPS) is 16.3. The first-order valence-corrected chi connectivity index (χ1v) is 13.3. The number of carbonyl (C=O) groups excluding carboxylic acids is 1. The van der Waals surface area contributed by atoms with Crippen LogP contribution in [-0.4, -0.2) is 47.1 Å². The maximum absolute atomic E-state index is 12.7. The van der Waals surface area contributed by atoms with Crippen LogP contribution in [0.5, 0.6) is 0 Å². The SMILES string of the molecule is CCn1c(-c2cnc(C)nc2)nc2c(NC3CCC(NC(=O)CC(C)(C)C)=C(C(=N)C(C)C)C3)ncnc21. The molecule has 1 unspecified atom stereocenters. The second-order valence-electron chi connectivity index (χ2n) is 11.5. The molecule has 0 aromatic carbocycles. The van der Waals surface area contributed by atoms with Gasteiger partial charge in [0.05, 0.1) is 5.56 Å². The summed E-state index contributed by atoms with van der Waals surface area (Å²) < 4.78 is 2.04. The highest BCUT2D eigenvalue weighted by Gasteiger charge is 2.28. The zero-order valence-corrected chi connectivity index (χ0v) is 23.5. The zero-order valence-electron chi connectivity index (χ0n) is 23.5. The number of aromatic nitrogens is 6. The molecule has 3 N–H and O–H groups in total. The van der Waals surface area contributed by atoms with Crippen LogP contribution in [0.4, 0.5) is 5.82 Å². The third-order valence-corrected chi connectivity index (χ3v) is 6.67. The Morgan fingerprint density at radius 2 is 1.89 bits per heavy atom. The van der Waals surface area contributed by atoms with Crippen molar-refractivity contribution < 1.29 is 4.79 Å². The molecule has 0 saturated carbocycles. The number of imidazole rings is 1. The topological polar surface area (TPSA) is 134 Å². The Morgan fingerprint density at radius 1 is 1.18 bits per heavy atom. The Bertz CT molecular complexity index is 1360. The molecule has 1 aliphatic carbocycles. The molecule has 0 bridgehead atoms. The molecule has 0 spiro atoms. The van der Waals surface area contributed by atoms with E-state index in [1.54, 1.807) is 18.7 Å². The number of nitrogens with one attached hydrogen (secondary N) is 3. The molecule has 0 saturated heterocycles. The van der Waals surface area contributed by atoms with Gasteiger partial charge in [-0.05, 0) is 50.0 Å². The predicted octanol–water partition coefficient (Wildman–Crippen LogP) is 5.06. The van der Waals surface area contributed by atoms with E-state index in [-0.39, 0.29) is 23.3 Å². The summed E-state index contributed by atoms with van der Waals surface area (Å²) in [5.74, 6) is 2.18. The van der Waals surface area contributed by atoms with Crippen LogP contribution >= 0.6 is 0 Å². The molecule has 38 heavy (non-hydrogen) atoms. The van der Waals surface area contributed by atoms with Crippen LogP contribution in [0, 0.1) is 23.7 Å². The highest BCUT2D eigenvalue weighted by Crippen LogP contribution is 2.31. The third kappa shape index (κ3) is 6.06. The van der Waals surface area contributed by atoms with E-state index in [0.717, 1.165) is 34.7 Å². The van der Waals surface area contributed by atoms with Gasteiger partial charge in [-0.25, -0.2) is 24.9 Å². The summed E-state index contributed by atoms with van der Waals surface area (Å²) in [5, 5.41) is 15.5. The first-order chi connectivity index (χ1) is 18.0. The van der Waals surface area contributed by atoms with Gasteiger partial charge in [-0.3, -0.25) is 4.79 Å². The van der Waals surface area contributed by atoms with Gasteiger partial charge in [0.1, 0.15) is 18.0 Å². The second kappa shape index (κ2) is 11.0. The number of anilines is 1. The maximum atomic E-state index is 12.7. The Kier molecular flexibility index (Phi) is 7.89. The van der Waals surface area contributed by atoms with Gasteiger partial charge in [-0.2, -0.15) is 0 Å². The van der Waals surface area contributed by atoms with Gasteiger partial charge in [0.25, 0.3) is 0 Å². The van der Waals surface area contributed by atoms with E-state index in [9.17, 15) is 4.79 Å². The van der Waals surface area contributed by atoms with Crippen LogP contribution in [0.3, 0.4) is 0 Å². The van der Waals surface area contributed by atoms with Gasteiger partial charge in [0, 0.05) is 42.8 Å². The lowest BCUT2D eigenvalue weighted by molar-refractivity contribution is -0.122. The van der Waals surface area contributed by atoms with Crippen molar-refractivity contribution in [3.63, 3.8) is 0 Å². The van der Waals surface area contributed by atoms with E-state index in [1.165, 1.54) is 0 Å². The first kappa shape index (κ1) is 27.3. The van der Waals surface area contributed by atoms with Crippen LogP contribution in [-0.2, 0) is 11.3 Å². The van der Waals surface area contributed by atoms with E-state index >= 15 is 0 Å². The number of fused-ring (bicyclic) bond motifs is 1. The number of rotatable bonds is 8. The quantitative estimate of drug-likeness (QED) is 0.356. The number of nitrogens with zero attached hydrogens (tertiary/aromatic N) is 6. The second-order valence-corrected chi connectivity index (χ2v) is 11.5. The van der Waals surface area contributed by atoms with Gasteiger partial charge in [0.15, 0.2) is 17.0 Å². The van der Waals surface area contributed by atoms with Crippen molar-refractivity contribution in [3.8, 4) is 11.4 Å². The van der Waals surface area contributed by atoms with Gasteiger partial charge in [-0.15, -0.1) is 0 Å². The molecular formula is C28H39N9O. The largest absolute Gasteiger partial charge is 0.365 e. The minimum atomic E-state index is -0.0983. The van der Waals surface area contributed by atoms with Crippen molar-refractivity contribution in [2.75, 3.05) is 5.32 Å². The minimum Gasteiger partial charge on any atom is -0.365 e. The van der Waals surface area contributed by atoms with Crippen molar-refractivity contribution in [2.45, 2.75) is 86.7 Å². The standard InChI is InChI=1S/C28H39N9O/c1-8-37-26(18-13-30-17(4)31-14-18)36-24-25(32-15-33-27(24)37)34-19-9-10-21(20(11-19)23(29)16(2)3)35-22(38)12-28(5,6)7/h13-16,19,29H,8-12H2,1-7H3,(H,35,38)(H,32,33,34). The molecule has 1 aliphatic rings. The lowest BCUT2D eigenvalue weighted by Crippen LogP contribution is -2.35. The molecule has 1 atom stereocenters. The summed E-state index contributed by atoms with van der Waals surface area (Å²) in [7, 11) is 0. The van der Waals surface area contributed by atoms with Crippen LogP contribution in [0.25, 0.3) is 22.6 Å². The number of hydrogen-bond acceptors (Lipinski definition) is 8. The summed E-state index contributed by atoms with van der Waals surface area (Å²) in [4.78, 5) is 35.4. The summed E-state index contributed by atoms with van der Waals surface area (Å²) in [5.41, 5.74) is 4.51. The van der Waals surface area contributed by atoms with Gasteiger partial charge in [-0.1, -0.05) is 34.6 Å². The fourth-order valence-corrected chi connectivity index (χ4v) is 4.78. The molecule has 0 radical (unpaired) electrons. The summed E-state index contributed by atoms with van der Waals surface area (Å²) in [6, 6.07) is 0.0448. The average Bonchev–Trinajstić information content (AvgIpc) is 3.23. The monoisotopic (exact) mass is 517 g/mol. The Morgan fingerprint density at radius 3 is 2.53 bits per heavy atom. The summed E-state index contributed by atoms with van der Waals surface area (Å²) >= 11 is 0. The summed E-state index contributed by atoms with van der Waals surface area (Å²) in [6.07, 6.45) is 7.67. The van der Waals surface area contributed by atoms with Gasteiger partial charge >= 0.3 is 0 Å². The fourth-order valence-electron chi connectivity index (χ4n) is 4.78. The number of aryl methyl sites for hydroxylation is 2. The number of allylic oxidation sites excluding steroid dienone is 1. The highest BCUT2D eigenvalue weighted by molar-refractivity contribution is 6.00. The van der Waals surface area contributed by atoms with Crippen LogP contribution in [0.1, 0.15) is 73.1 Å². The molecule has 3 aromatic rings. The predicted molar refractivity (Wildman–Crippen MR) is 150 cm³/mol. The van der Waals surface area contributed by atoms with Crippen molar-refractivity contribution in [2.24, 2.45) is 11.3 Å². The van der Waals surface area contributed by atoms with Crippen molar-refractivity contribution >= 4 is 28.6 Å². The molecular weight excluding hydrogens is 478 g/mol. The van der Waals surface area contributed by atoms with Gasteiger partial charge in [0.2, 0.25) is 5.91 Å². The molecule has 202 valence electrons. The van der Waals surface area contributed by atoms with E-state index < -0.39 is 0 Å². The van der Waals surface area contributed by atoms with Crippen molar-refractivity contribution in [1.82, 2.24) is 34.8 Å². The maximum Gasteiger partial charge on any atom is 0.224 e. The number of carbonyl (C=O) groups is 1. The summed E-state index contributed by atoms with van der Waals surface area (Å²) in [6.45, 7) is 14.8. The Labute approximate surface area is 224 Å². The van der Waals surface area contributed by atoms with E-state index in [1.807, 2.05) is 25.3 Å². The molecule has 1 amide bonds. The van der Waals surface area contributed by atoms with Crippen LogP contribution in [0.2, 0.25) is 0 Å². The molecule has 0 aliphatic heterocycles. The molecule has 3 heterocycles. The van der Waals surface area contributed by atoms with E-state index in [2.05, 4.69) is 58.3 Å². The van der Waals surface area contributed by atoms with E-state index in [4.69, 9.17) is 10.4 Å². The highest BCUT2D eigenvalue weighted by atomic mass is 16.1. The molecule has 10 nitrogen and oxygen atoms in total. The zero-order chi connectivity index (χ0) is 27.6.